The van der Waals surface area contributed by atoms with Gasteiger partial charge < -0.3 is 0 Å². The highest BCUT2D eigenvalue weighted by Gasteiger charge is 2.53. The molecule has 1 aliphatic carbocycles. The fourth-order valence-electron chi connectivity index (χ4n) is 3.80. The summed E-state index contributed by atoms with van der Waals surface area (Å²) in [6.07, 6.45) is 8.21. The maximum absolute atomic E-state index is 12.2. The van der Waals surface area contributed by atoms with E-state index in [2.05, 4.69) is 11.5 Å². The molecular weight excluding hydrogens is 186 g/mol. The van der Waals surface area contributed by atoms with Crippen molar-refractivity contribution in [2.75, 3.05) is 6.54 Å². The van der Waals surface area contributed by atoms with Gasteiger partial charge in [0.05, 0.1) is 6.42 Å². The molecule has 82 valence electrons. The number of piperidine rings is 1. The van der Waals surface area contributed by atoms with Crippen LogP contribution in [0.3, 0.4) is 0 Å². The van der Waals surface area contributed by atoms with Crippen molar-refractivity contribution in [2.24, 2.45) is 5.41 Å². The molecule has 0 N–H and O–H groups in total. The minimum absolute atomic E-state index is 0.0617. The van der Waals surface area contributed by atoms with Gasteiger partial charge in [0.2, 0.25) is 0 Å². The summed E-state index contributed by atoms with van der Waals surface area (Å²) < 4.78 is 2.60. The van der Waals surface area contributed by atoms with Crippen LogP contribution in [-0.2, 0) is 4.79 Å². The Morgan fingerprint density at radius 3 is 3.07 bits per heavy atom. The van der Waals surface area contributed by atoms with Crippen LogP contribution >= 0.6 is 0 Å². The molecule has 2 fully saturated rings. The van der Waals surface area contributed by atoms with Gasteiger partial charge in [-0.25, -0.2) is 4.58 Å². The minimum Gasteiger partial charge on any atom is -0.298 e. The molecule has 0 amide bonds. The first-order chi connectivity index (χ1) is 7.22. The molecule has 2 aliphatic heterocycles. The number of carbonyl (C=O) groups is 1. The largest absolute Gasteiger partial charge is 0.298 e. The number of Topliss-reactive ketones (excluding diaryl/α,β-unsaturated/α-hetero) is 1. The van der Waals surface area contributed by atoms with E-state index in [-0.39, 0.29) is 5.41 Å². The van der Waals surface area contributed by atoms with E-state index < -0.39 is 0 Å². The molecule has 0 aromatic carbocycles. The van der Waals surface area contributed by atoms with Crippen molar-refractivity contribution in [1.82, 2.24) is 0 Å². The van der Waals surface area contributed by atoms with Crippen LogP contribution in [-0.4, -0.2) is 28.7 Å². The van der Waals surface area contributed by atoms with Crippen molar-refractivity contribution < 1.29 is 9.37 Å². The summed E-state index contributed by atoms with van der Waals surface area (Å²) in [4.78, 5) is 12.2. The molecule has 1 saturated carbocycles. The van der Waals surface area contributed by atoms with Gasteiger partial charge in [-0.2, -0.15) is 0 Å². The molecule has 0 aromatic heterocycles. The molecular formula is C13H20NO+. The Balaban J connectivity index is 2.08. The van der Waals surface area contributed by atoms with E-state index in [0.717, 1.165) is 12.8 Å². The normalized spacial score (nSPS) is 40.3. The number of nitrogens with zero attached hydrogens (tertiary/aromatic N) is 1. The van der Waals surface area contributed by atoms with E-state index in [1.165, 1.54) is 44.4 Å². The van der Waals surface area contributed by atoms with Crippen LogP contribution in [0.1, 0.15) is 51.9 Å². The molecule has 0 bridgehead atoms. The first-order valence-electron chi connectivity index (χ1n) is 6.38. The van der Waals surface area contributed by atoms with Crippen LogP contribution in [0.5, 0.6) is 0 Å². The second-order valence-electron chi connectivity index (χ2n) is 5.60. The zero-order valence-corrected chi connectivity index (χ0v) is 9.59. The third-order valence-electron chi connectivity index (χ3n) is 4.74. The van der Waals surface area contributed by atoms with E-state index in [0.29, 0.717) is 11.8 Å². The Kier molecular flexibility index (Phi) is 2.02. The summed E-state index contributed by atoms with van der Waals surface area (Å²) >= 11 is 0. The highest BCUT2D eigenvalue weighted by atomic mass is 16.1. The molecule has 2 heteroatoms. The summed E-state index contributed by atoms with van der Waals surface area (Å²) in [6, 6.07) is 0.562. The number of ketones is 1. The van der Waals surface area contributed by atoms with Crippen LogP contribution in [0.15, 0.2) is 0 Å². The van der Waals surface area contributed by atoms with Crippen molar-refractivity contribution in [3.8, 4) is 0 Å². The van der Waals surface area contributed by atoms with Gasteiger partial charge in [-0.1, -0.05) is 0 Å². The second kappa shape index (κ2) is 3.16. The zero-order chi connectivity index (χ0) is 10.5. The van der Waals surface area contributed by atoms with Crippen LogP contribution in [0, 0.1) is 5.41 Å². The average Bonchev–Trinajstić information content (AvgIpc) is 2.63. The lowest BCUT2D eigenvalue weighted by Gasteiger charge is -2.33. The molecule has 2 heterocycles. The smallest absolute Gasteiger partial charge is 0.165 e. The first-order valence-corrected chi connectivity index (χ1v) is 6.38. The van der Waals surface area contributed by atoms with Crippen LogP contribution in [0.25, 0.3) is 0 Å². The third-order valence-corrected chi connectivity index (χ3v) is 4.74. The Labute approximate surface area is 91.4 Å². The molecule has 2 unspecified atom stereocenters. The minimum atomic E-state index is -0.0617. The van der Waals surface area contributed by atoms with Gasteiger partial charge >= 0.3 is 0 Å². The summed E-state index contributed by atoms with van der Waals surface area (Å²) in [5.41, 5.74) is 1.43. The standard InChI is InChI=1S/C13H20NO/c1-13-7-4-6-11(13)14-8-3-2-5-10(14)9-12(13)15/h10H,2-9H2,1H3/q+1. The summed E-state index contributed by atoms with van der Waals surface area (Å²) in [5.74, 6) is 0.526. The van der Waals surface area contributed by atoms with Gasteiger partial charge in [0.15, 0.2) is 17.5 Å². The van der Waals surface area contributed by atoms with Crippen molar-refractivity contribution in [1.29, 1.82) is 0 Å². The van der Waals surface area contributed by atoms with E-state index in [1.54, 1.807) is 0 Å². The maximum Gasteiger partial charge on any atom is 0.165 e. The summed E-state index contributed by atoms with van der Waals surface area (Å²) in [7, 11) is 0. The lowest BCUT2D eigenvalue weighted by atomic mass is 9.75. The lowest BCUT2D eigenvalue weighted by Crippen LogP contribution is -2.50. The predicted molar refractivity (Wildman–Crippen MR) is 59.4 cm³/mol. The number of hydrogen-bond donors (Lipinski definition) is 0. The fraction of sp³-hybridized carbons (Fsp3) is 0.846. The molecule has 1 saturated heterocycles. The Morgan fingerprint density at radius 1 is 1.33 bits per heavy atom. The topological polar surface area (TPSA) is 20.1 Å². The second-order valence-corrected chi connectivity index (χ2v) is 5.60. The fourth-order valence-corrected chi connectivity index (χ4v) is 3.80. The molecule has 0 spiro atoms. The zero-order valence-electron chi connectivity index (χ0n) is 9.59. The highest BCUT2D eigenvalue weighted by Crippen LogP contribution is 2.41. The lowest BCUT2D eigenvalue weighted by molar-refractivity contribution is -0.581. The number of carbonyl (C=O) groups excluding carboxylic acids is 1. The average molecular weight is 206 g/mol. The summed E-state index contributed by atoms with van der Waals surface area (Å²) in [6.45, 7) is 3.39. The Hall–Kier alpha value is -0.660. The van der Waals surface area contributed by atoms with Gasteiger partial charge in [0.25, 0.3) is 0 Å². The van der Waals surface area contributed by atoms with Gasteiger partial charge in [0, 0.05) is 19.3 Å². The first kappa shape index (κ1) is 9.56. The summed E-state index contributed by atoms with van der Waals surface area (Å²) in [5, 5.41) is 0. The molecule has 0 radical (unpaired) electrons. The Morgan fingerprint density at radius 2 is 2.20 bits per heavy atom. The third kappa shape index (κ3) is 1.23. The molecule has 0 aromatic rings. The number of rotatable bonds is 0. The molecule has 3 aliphatic rings. The number of fused-ring (bicyclic) bond motifs is 2. The van der Waals surface area contributed by atoms with Gasteiger partial charge in [0.1, 0.15) is 12.0 Å². The van der Waals surface area contributed by atoms with Crippen molar-refractivity contribution in [2.45, 2.75) is 57.9 Å². The monoisotopic (exact) mass is 206 g/mol. The predicted octanol–water partition coefficient (Wildman–Crippen LogP) is 2.16. The molecule has 15 heavy (non-hydrogen) atoms. The number of hydrogen-bond acceptors (Lipinski definition) is 1. The van der Waals surface area contributed by atoms with Crippen LogP contribution in [0.2, 0.25) is 0 Å². The maximum atomic E-state index is 12.2. The van der Waals surface area contributed by atoms with Gasteiger partial charge in [-0.3, -0.25) is 4.79 Å². The molecule has 3 rings (SSSR count). The van der Waals surface area contributed by atoms with E-state index in [9.17, 15) is 4.79 Å². The quantitative estimate of drug-likeness (QED) is 0.556. The van der Waals surface area contributed by atoms with E-state index in [4.69, 9.17) is 0 Å². The van der Waals surface area contributed by atoms with Crippen molar-refractivity contribution in [3.63, 3.8) is 0 Å². The van der Waals surface area contributed by atoms with Crippen LogP contribution in [0.4, 0.5) is 0 Å². The van der Waals surface area contributed by atoms with Crippen LogP contribution < -0.4 is 0 Å². The van der Waals surface area contributed by atoms with Gasteiger partial charge in [-0.15, -0.1) is 0 Å². The van der Waals surface area contributed by atoms with E-state index >= 15 is 0 Å². The Bertz CT molecular complexity index is 344. The van der Waals surface area contributed by atoms with Gasteiger partial charge in [-0.05, 0) is 26.2 Å². The molecule has 2 atom stereocenters. The van der Waals surface area contributed by atoms with Crippen molar-refractivity contribution >= 4 is 11.5 Å². The SMILES string of the molecule is CC12CCCC1=[N+]1CCCCC1CC2=O. The van der Waals surface area contributed by atoms with Crippen molar-refractivity contribution in [3.05, 3.63) is 0 Å². The molecule has 2 nitrogen and oxygen atoms in total. The highest BCUT2D eigenvalue weighted by molar-refractivity contribution is 6.09. The van der Waals surface area contributed by atoms with E-state index in [1.807, 2.05) is 0 Å².